The van der Waals surface area contributed by atoms with Crippen molar-refractivity contribution < 1.29 is 22.6 Å². The number of nitrogens with one attached hydrogen (secondary N) is 1. The number of alkyl halides is 3. The monoisotopic (exact) mass is 372 g/mol. The molecule has 1 aliphatic rings. The third kappa shape index (κ3) is 6.21. The van der Waals surface area contributed by atoms with Crippen molar-refractivity contribution >= 4 is 0 Å². The first-order chi connectivity index (χ1) is 12.4. The van der Waals surface area contributed by atoms with Gasteiger partial charge in [-0.2, -0.15) is 0 Å². The number of halogens is 3. The van der Waals surface area contributed by atoms with Crippen LogP contribution in [0.4, 0.5) is 13.2 Å². The number of ether oxygens (including phenoxy) is 2. The molecule has 0 amide bonds. The fourth-order valence-corrected chi connectivity index (χ4v) is 3.32. The van der Waals surface area contributed by atoms with E-state index in [9.17, 15) is 13.2 Å². The summed E-state index contributed by atoms with van der Waals surface area (Å²) in [6.07, 6.45) is 1.14. The molecule has 1 aromatic carbocycles. The van der Waals surface area contributed by atoms with E-state index in [1.54, 1.807) is 6.07 Å². The van der Waals surface area contributed by atoms with E-state index in [0.717, 1.165) is 57.4 Å². The molecule has 4 nitrogen and oxygen atoms in total. The first kappa shape index (κ1) is 20.6. The summed E-state index contributed by atoms with van der Waals surface area (Å²) in [5.74, 6) is 0.169. The highest BCUT2D eigenvalue weighted by Crippen LogP contribution is 2.37. The number of hydrogen-bond donors (Lipinski definition) is 1. The fraction of sp³-hybridized carbons (Fsp3) is 0.579. The van der Waals surface area contributed by atoms with Gasteiger partial charge in [0.25, 0.3) is 0 Å². The van der Waals surface area contributed by atoms with Crippen LogP contribution in [0.25, 0.3) is 0 Å². The van der Waals surface area contributed by atoms with Gasteiger partial charge < -0.3 is 14.8 Å². The molecule has 1 heterocycles. The van der Waals surface area contributed by atoms with Crippen LogP contribution in [0.3, 0.4) is 0 Å². The molecule has 0 bridgehead atoms. The molecule has 0 unspecified atom stereocenters. The van der Waals surface area contributed by atoms with Crippen LogP contribution in [-0.2, 0) is 0 Å². The number of nitrogens with zero attached hydrogens (tertiary/aromatic N) is 1. The Morgan fingerprint density at radius 1 is 1.27 bits per heavy atom. The van der Waals surface area contributed by atoms with E-state index < -0.39 is 6.36 Å². The number of unbranched alkanes of at least 4 members (excludes halogenated alkanes) is 2. The largest absolute Gasteiger partial charge is 0.573 e. The second-order valence-corrected chi connectivity index (χ2v) is 6.33. The standard InChI is InChI=1S/C19H27F3N2O2/c1-3-4-5-6-7-17(24-12-10-23-11-13-24)16-9-8-15(14-18(16)25-2)26-19(20,21)22/h3,8-9,14,17,23H,1,4-7,10-13H2,2H3/t17-/m1/s1. The van der Waals surface area contributed by atoms with E-state index >= 15 is 0 Å². The maximum atomic E-state index is 12.5. The van der Waals surface area contributed by atoms with Crippen molar-refractivity contribution in [3.63, 3.8) is 0 Å². The van der Waals surface area contributed by atoms with Gasteiger partial charge >= 0.3 is 6.36 Å². The molecule has 0 saturated carbocycles. The van der Waals surface area contributed by atoms with Gasteiger partial charge in [0.05, 0.1) is 7.11 Å². The summed E-state index contributed by atoms with van der Waals surface area (Å²) in [5.41, 5.74) is 0.905. The Balaban J connectivity index is 2.22. The molecule has 2 rings (SSSR count). The van der Waals surface area contributed by atoms with E-state index in [4.69, 9.17) is 4.74 Å². The molecule has 1 atom stereocenters. The lowest BCUT2D eigenvalue weighted by Gasteiger charge is -2.36. The molecule has 0 aliphatic carbocycles. The zero-order chi connectivity index (χ0) is 19.0. The van der Waals surface area contributed by atoms with Crippen LogP contribution in [0.2, 0.25) is 0 Å². The van der Waals surface area contributed by atoms with Crippen molar-refractivity contribution in [1.29, 1.82) is 0 Å². The molecule has 1 saturated heterocycles. The molecule has 1 aliphatic heterocycles. The Hall–Kier alpha value is -1.73. The van der Waals surface area contributed by atoms with Crippen molar-refractivity contribution in [3.05, 3.63) is 36.4 Å². The molecule has 0 radical (unpaired) electrons. The number of benzene rings is 1. The smallest absolute Gasteiger partial charge is 0.496 e. The molecule has 0 aromatic heterocycles. The second kappa shape index (κ2) is 9.83. The number of allylic oxidation sites excluding steroid dienone is 1. The predicted molar refractivity (Wildman–Crippen MR) is 95.5 cm³/mol. The maximum Gasteiger partial charge on any atom is 0.573 e. The molecule has 1 fully saturated rings. The predicted octanol–water partition coefficient (Wildman–Crippen LogP) is 4.29. The molecule has 0 spiro atoms. The van der Waals surface area contributed by atoms with Crippen molar-refractivity contribution in [2.75, 3.05) is 33.3 Å². The summed E-state index contributed by atoms with van der Waals surface area (Å²) < 4.78 is 46.9. The van der Waals surface area contributed by atoms with Crippen LogP contribution < -0.4 is 14.8 Å². The minimum Gasteiger partial charge on any atom is -0.496 e. The fourth-order valence-electron chi connectivity index (χ4n) is 3.32. The van der Waals surface area contributed by atoms with E-state index in [2.05, 4.69) is 21.5 Å². The third-order valence-corrected chi connectivity index (χ3v) is 4.53. The Morgan fingerprint density at radius 2 is 2.00 bits per heavy atom. The van der Waals surface area contributed by atoms with Gasteiger partial charge in [0, 0.05) is 43.9 Å². The van der Waals surface area contributed by atoms with Crippen molar-refractivity contribution in [1.82, 2.24) is 10.2 Å². The van der Waals surface area contributed by atoms with Gasteiger partial charge in [0.1, 0.15) is 11.5 Å². The van der Waals surface area contributed by atoms with Crippen molar-refractivity contribution in [2.45, 2.75) is 38.1 Å². The summed E-state index contributed by atoms with van der Waals surface area (Å²) in [7, 11) is 1.47. The summed E-state index contributed by atoms with van der Waals surface area (Å²) in [6.45, 7) is 7.35. The second-order valence-electron chi connectivity index (χ2n) is 6.33. The van der Waals surface area contributed by atoms with Gasteiger partial charge in [-0.05, 0) is 25.3 Å². The number of rotatable bonds is 9. The molecule has 7 heteroatoms. The molecular formula is C19H27F3N2O2. The van der Waals surface area contributed by atoms with Crippen molar-refractivity contribution in [3.8, 4) is 11.5 Å². The van der Waals surface area contributed by atoms with Gasteiger partial charge in [0.15, 0.2) is 0 Å². The Kier molecular flexibility index (Phi) is 7.78. The highest BCUT2D eigenvalue weighted by atomic mass is 19.4. The van der Waals surface area contributed by atoms with Gasteiger partial charge in [-0.15, -0.1) is 19.8 Å². The van der Waals surface area contributed by atoms with Crippen LogP contribution in [0.1, 0.15) is 37.3 Å². The van der Waals surface area contributed by atoms with Crippen LogP contribution in [0.5, 0.6) is 11.5 Å². The Labute approximate surface area is 153 Å². The summed E-state index contributed by atoms with van der Waals surface area (Å²) in [4.78, 5) is 2.37. The molecule has 1 aromatic rings. The lowest BCUT2D eigenvalue weighted by molar-refractivity contribution is -0.274. The van der Waals surface area contributed by atoms with Crippen LogP contribution in [0, 0.1) is 0 Å². The van der Waals surface area contributed by atoms with E-state index in [0.29, 0.717) is 5.75 Å². The SMILES string of the molecule is C=CCCCC[C@H](c1ccc(OC(F)(F)F)cc1OC)N1CCNCC1. The Bertz CT molecular complexity index is 572. The highest BCUT2D eigenvalue weighted by Gasteiger charge is 2.32. The first-order valence-electron chi connectivity index (χ1n) is 8.94. The summed E-state index contributed by atoms with van der Waals surface area (Å²) in [6, 6.07) is 4.49. The normalized spacial score (nSPS) is 16.9. The van der Waals surface area contributed by atoms with Crippen LogP contribution in [-0.4, -0.2) is 44.6 Å². The maximum absolute atomic E-state index is 12.5. The summed E-state index contributed by atoms with van der Waals surface area (Å²) in [5, 5.41) is 3.33. The topological polar surface area (TPSA) is 33.7 Å². The average molecular weight is 372 g/mol. The molecular weight excluding hydrogens is 345 g/mol. The first-order valence-corrected chi connectivity index (χ1v) is 8.94. The summed E-state index contributed by atoms with van der Waals surface area (Å²) >= 11 is 0. The molecule has 26 heavy (non-hydrogen) atoms. The quantitative estimate of drug-likeness (QED) is 0.518. The van der Waals surface area contributed by atoms with Gasteiger partial charge in [-0.1, -0.05) is 18.6 Å². The lowest BCUT2D eigenvalue weighted by Crippen LogP contribution is -2.45. The number of piperazine rings is 1. The van der Waals surface area contributed by atoms with E-state index in [1.807, 2.05) is 6.08 Å². The zero-order valence-electron chi connectivity index (χ0n) is 15.1. The third-order valence-electron chi connectivity index (χ3n) is 4.53. The van der Waals surface area contributed by atoms with Gasteiger partial charge in [-0.3, -0.25) is 4.90 Å². The highest BCUT2D eigenvalue weighted by molar-refractivity contribution is 5.42. The number of methoxy groups -OCH3 is 1. The van der Waals surface area contributed by atoms with Crippen LogP contribution in [0.15, 0.2) is 30.9 Å². The lowest BCUT2D eigenvalue weighted by atomic mass is 9.97. The zero-order valence-corrected chi connectivity index (χ0v) is 15.1. The average Bonchev–Trinajstić information content (AvgIpc) is 2.61. The van der Waals surface area contributed by atoms with E-state index in [-0.39, 0.29) is 11.8 Å². The molecule has 146 valence electrons. The van der Waals surface area contributed by atoms with Gasteiger partial charge in [0.2, 0.25) is 0 Å². The van der Waals surface area contributed by atoms with Crippen LogP contribution >= 0.6 is 0 Å². The van der Waals surface area contributed by atoms with E-state index in [1.165, 1.54) is 19.2 Å². The number of hydrogen-bond acceptors (Lipinski definition) is 4. The van der Waals surface area contributed by atoms with Crippen molar-refractivity contribution in [2.24, 2.45) is 0 Å². The minimum atomic E-state index is -4.71. The Morgan fingerprint density at radius 3 is 2.62 bits per heavy atom. The van der Waals surface area contributed by atoms with Gasteiger partial charge in [-0.25, -0.2) is 0 Å². The molecule has 1 N–H and O–H groups in total. The minimum absolute atomic E-state index is 0.108.